The lowest BCUT2D eigenvalue weighted by Crippen LogP contribution is -2.51. The molecular weight excluding hydrogens is 568 g/mol. The van der Waals surface area contributed by atoms with Gasteiger partial charge in [0.15, 0.2) is 0 Å². The summed E-state index contributed by atoms with van der Waals surface area (Å²) in [5.41, 5.74) is 0.504. The topological polar surface area (TPSA) is 86.8 Å². The zero-order chi connectivity index (χ0) is 25.8. The van der Waals surface area contributed by atoms with Crippen LogP contribution in [-0.4, -0.2) is 51.0 Å². The number of hydrogen-bond acceptors (Lipinski definition) is 4. The van der Waals surface area contributed by atoms with Gasteiger partial charge in [-0.1, -0.05) is 71.0 Å². The van der Waals surface area contributed by atoms with E-state index in [-0.39, 0.29) is 33.7 Å². The second-order valence-corrected chi connectivity index (χ2v) is 11.3. The second kappa shape index (κ2) is 12.0. The molecule has 0 heterocycles. The molecule has 0 aromatic heterocycles. The van der Waals surface area contributed by atoms with Crippen LogP contribution in [-0.2, 0) is 26.2 Å². The highest BCUT2D eigenvalue weighted by molar-refractivity contribution is 7.92. The van der Waals surface area contributed by atoms with E-state index in [1.165, 1.54) is 30.1 Å². The number of benzene rings is 2. The molecule has 13 heteroatoms. The number of sulfonamides is 1. The molecule has 0 radical (unpaired) electrons. The van der Waals surface area contributed by atoms with Crippen molar-refractivity contribution < 1.29 is 18.0 Å². The maximum Gasteiger partial charge on any atom is 0.244 e. The fourth-order valence-electron chi connectivity index (χ4n) is 3.22. The average molecular weight is 590 g/mol. The Bertz CT molecular complexity index is 1190. The minimum absolute atomic E-state index is 0.0155. The van der Waals surface area contributed by atoms with E-state index in [2.05, 4.69) is 5.32 Å². The van der Waals surface area contributed by atoms with Gasteiger partial charge in [0.05, 0.1) is 27.0 Å². The van der Waals surface area contributed by atoms with Gasteiger partial charge in [-0.05, 0) is 36.2 Å². The van der Waals surface area contributed by atoms with Crippen molar-refractivity contribution in [3.63, 3.8) is 0 Å². The quantitative estimate of drug-likeness (QED) is 0.404. The molecule has 2 aromatic rings. The van der Waals surface area contributed by atoms with E-state index in [4.69, 9.17) is 58.0 Å². The number of halogens is 5. The van der Waals surface area contributed by atoms with Crippen molar-refractivity contribution in [1.29, 1.82) is 0 Å². The van der Waals surface area contributed by atoms with E-state index in [9.17, 15) is 18.0 Å². The third-order valence-electron chi connectivity index (χ3n) is 4.93. The van der Waals surface area contributed by atoms with Crippen molar-refractivity contribution in [3.05, 3.63) is 61.0 Å². The Kier molecular flexibility index (Phi) is 10.2. The van der Waals surface area contributed by atoms with Gasteiger partial charge in [-0.15, -0.1) is 0 Å². The summed E-state index contributed by atoms with van der Waals surface area (Å²) < 4.78 is 26.1. The molecule has 0 aliphatic rings. The number of anilines is 1. The van der Waals surface area contributed by atoms with Crippen molar-refractivity contribution >= 4 is 85.5 Å². The molecule has 1 N–H and O–H groups in total. The van der Waals surface area contributed by atoms with E-state index in [1.54, 1.807) is 19.1 Å². The number of carbonyl (C=O) groups excluding carboxylic acids is 2. The van der Waals surface area contributed by atoms with Crippen LogP contribution in [0.25, 0.3) is 0 Å². The number of nitrogens with one attached hydrogen (secondary N) is 1. The average Bonchev–Trinajstić information content (AvgIpc) is 2.75. The fraction of sp³-hybridized carbons (Fsp3) is 0.333. The van der Waals surface area contributed by atoms with Gasteiger partial charge in [0.2, 0.25) is 21.8 Å². The van der Waals surface area contributed by atoms with Crippen LogP contribution in [0, 0.1) is 0 Å². The lowest BCUT2D eigenvalue weighted by atomic mass is 10.1. The predicted octanol–water partition coefficient (Wildman–Crippen LogP) is 5.27. The first kappa shape index (κ1) is 28.8. The van der Waals surface area contributed by atoms with Gasteiger partial charge in [0, 0.05) is 23.6 Å². The molecule has 0 saturated carbocycles. The predicted molar refractivity (Wildman–Crippen MR) is 139 cm³/mol. The molecule has 0 spiro atoms. The Morgan fingerprint density at radius 1 is 0.971 bits per heavy atom. The van der Waals surface area contributed by atoms with Gasteiger partial charge >= 0.3 is 0 Å². The molecule has 186 valence electrons. The SMILES string of the molecule is CC[C@H](C(=O)NC)N(Cc1ccc(Cl)cc1Cl)C(=O)CN(c1cc(Cl)c(Cl)cc1Cl)S(C)(=O)=O. The molecule has 1 atom stereocenters. The number of carbonyl (C=O) groups is 2. The summed E-state index contributed by atoms with van der Waals surface area (Å²) >= 11 is 30.5. The number of rotatable bonds is 9. The van der Waals surface area contributed by atoms with Crippen LogP contribution in [0.15, 0.2) is 30.3 Å². The Labute approximate surface area is 223 Å². The third kappa shape index (κ3) is 7.06. The normalized spacial score (nSPS) is 12.2. The zero-order valence-electron chi connectivity index (χ0n) is 18.4. The summed E-state index contributed by atoms with van der Waals surface area (Å²) in [6.07, 6.45) is 1.19. The van der Waals surface area contributed by atoms with Gasteiger partial charge in [0.1, 0.15) is 12.6 Å². The maximum absolute atomic E-state index is 13.5. The molecule has 0 aliphatic carbocycles. The van der Waals surface area contributed by atoms with Gasteiger partial charge in [-0.2, -0.15) is 0 Å². The summed E-state index contributed by atoms with van der Waals surface area (Å²) in [7, 11) is -2.54. The van der Waals surface area contributed by atoms with E-state index in [0.717, 1.165) is 10.6 Å². The molecule has 0 fully saturated rings. The smallest absolute Gasteiger partial charge is 0.244 e. The Morgan fingerprint density at radius 3 is 2.12 bits per heavy atom. The monoisotopic (exact) mass is 587 g/mol. The van der Waals surface area contributed by atoms with Crippen molar-refractivity contribution in [1.82, 2.24) is 10.2 Å². The number of hydrogen-bond donors (Lipinski definition) is 1. The molecule has 2 aromatic carbocycles. The van der Waals surface area contributed by atoms with Crippen LogP contribution >= 0.6 is 58.0 Å². The van der Waals surface area contributed by atoms with Gasteiger partial charge in [-0.25, -0.2) is 8.42 Å². The van der Waals surface area contributed by atoms with Gasteiger partial charge in [0.25, 0.3) is 0 Å². The molecule has 7 nitrogen and oxygen atoms in total. The Balaban J connectivity index is 2.53. The molecule has 34 heavy (non-hydrogen) atoms. The molecule has 2 amide bonds. The zero-order valence-corrected chi connectivity index (χ0v) is 23.0. The van der Waals surface area contributed by atoms with Crippen molar-refractivity contribution in [3.8, 4) is 0 Å². The number of amides is 2. The Hall–Kier alpha value is -1.42. The van der Waals surface area contributed by atoms with E-state index < -0.39 is 34.4 Å². The van der Waals surface area contributed by atoms with Crippen LogP contribution in [0.3, 0.4) is 0 Å². The minimum atomic E-state index is -3.99. The molecular formula is C21H22Cl5N3O4S. The third-order valence-corrected chi connectivity index (χ3v) is 7.66. The summed E-state index contributed by atoms with van der Waals surface area (Å²) in [5.74, 6) is -1.08. The molecule has 0 bridgehead atoms. The van der Waals surface area contributed by atoms with Crippen molar-refractivity contribution in [2.45, 2.75) is 25.9 Å². The van der Waals surface area contributed by atoms with Crippen LogP contribution in [0.4, 0.5) is 5.69 Å². The van der Waals surface area contributed by atoms with E-state index >= 15 is 0 Å². The fourth-order valence-corrected chi connectivity index (χ4v) is 5.23. The molecule has 0 aliphatic heterocycles. The summed E-state index contributed by atoms with van der Waals surface area (Å²) in [5, 5.41) is 3.40. The first-order chi connectivity index (χ1) is 15.8. The van der Waals surface area contributed by atoms with Crippen LogP contribution in [0.1, 0.15) is 18.9 Å². The first-order valence-corrected chi connectivity index (χ1v) is 13.6. The highest BCUT2D eigenvalue weighted by Crippen LogP contribution is 2.35. The second-order valence-electron chi connectivity index (χ2n) is 7.28. The minimum Gasteiger partial charge on any atom is -0.357 e. The first-order valence-electron chi connectivity index (χ1n) is 9.87. The highest BCUT2D eigenvalue weighted by atomic mass is 35.5. The molecule has 0 unspecified atom stereocenters. The summed E-state index contributed by atoms with van der Waals surface area (Å²) in [6.45, 7) is 1.02. The lowest BCUT2D eigenvalue weighted by molar-refractivity contribution is -0.140. The summed E-state index contributed by atoms with van der Waals surface area (Å²) in [4.78, 5) is 27.3. The van der Waals surface area contributed by atoms with Crippen LogP contribution < -0.4 is 9.62 Å². The highest BCUT2D eigenvalue weighted by Gasteiger charge is 2.32. The largest absolute Gasteiger partial charge is 0.357 e. The lowest BCUT2D eigenvalue weighted by Gasteiger charge is -2.33. The maximum atomic E-state index is 13.5. The van der Waals surface area contributed by atoms with Crippen molar-refractivity contribution in [2.24, 2.45) is 0 Å². The van der Waals surface area contributed by atoms with E-state index in [1.807, 2.05) is 0 Å². The number of likely N-dealkylation sites (N-methyl/N-ethyl adjacent to an activating group) is 1. The molecule has 0 saturated heterocycles. The standard InChI is InChI=1S/C21H22Cl5N3O4S/c1-4-18(21(31)27-2)28(10-12-5-6-13(22)7-14(12)23)20(30)11-29(34(3,32)33)19-9-16(25)15(24)8-17(19)26/h5-9,18H,4,10-11H2,1-3H3,(H,27,31)/t18-/m1/s1. The summed E-state index contributed by atoms with van der Waals surface area (Å²) in [6, 6.07) is 6.40. The number of nitrogens with zero attached hydrogens (tertiary/aromatic N) is 2. The Morgan fingerprint density at radius 2 is 1.59 bits per heavy atom. The van der Waals surface area contributed by atoms with Crippen LogP contribution in [0.2, 0.25) is 25.1 Å². The molecule has 2 rings (SSSR count). The van der Waals surface area contributed by atoms with Crippen LogP contribution in [0.5, 0.6) is 0 Å². The van der Waals surface area contributed by atoms with Crippen molar-refractivity contribution in [2.75, 3.05) is 24.2 Å². The van der Waals surface area contributed by atoms with Gasteiger partial charge in [-0.3, -0.25) is 13.9 Å². The van der Waals surface area contributed by atoms with Gasteiger partial charge < -0.3 is 10.2 Å². The van der Waals surface area contributed by atoms with E-state index in [0.29, 0.717) is 15.6 Å².